The predicted molar refractivity (Wildman–Crippen MR) is 128 cm³/mol. The van der Waals surface area contributed by atoms with Gasteiger partial charge in [0.15, 0.2) is 16.7 Å². The van der Waals surface area contributed by atoms with Crippen LogP contribution in [-0.4, -0.2) is 21.8 Å². The zero-order chi connectivity index (χ0) is 23.3. The van der Waals surface area contributed by atoms with Crippen LogP contribution in [0.4, 0.5) is 5.13 Å². The van der Waals surface area contributed by atoms with Crippen molar-refractivity contribution in [1.82, 2.24) is 4.98 Å². The number of rotatable bonds is 5. The Morgan fingerprint density at radius 1 is 1.21 bits per heavy atom. The maximum Gasteiger partial charge on any atom is 0.296 e. The first-order chi connectivity index (χ1) is 15.9. The van der Waals surface area contributed by atoms with Crippen LogP contribution in [0.2, 0.25) is 5.02 Å². The summed E-state index contributed by atoms with van der Waals surface area (Å²) in [5.74, 6) is -1.27. The second-order valence-electron chi connectivity index (χ2n) is 7.79. The summed E-state index contributed by atoms with van der Waals surface area (Å²) in [6.45, 7) is 3.79. The van der Waals surface area contributed by atoms with Crippen molar-refractivity contribution in [3.63, 3.8) is 0 Å². The van der Waals surface area contributed by atoms with Crippen molar-refractivity contribution in [3.8, 4) is 0 Å². The quantitative estimate of drug-likeness (QED) is 0.345. The largest absolute Gasteiger partial charge is 0.503 e. The van der Waals surface area contributed by atoms with Gasteiger partial charge in [-0.2, -0.15) is 0 Å². The fraction of sp³-hybridized carbons (Fsp3) is 0.160. The smallest absolute Gasteiger partial charge is 0.296 e. The molecule has 0 saturated heterocycles. The lowest BCUT2D eigenvalue weighted by atomic mass is 9.95. The van der Waals surface area contributed by atoms with Crippen LogP contribution < -0.4 is 4.90 Å². The van der Waals surface area contributed by atoms with Crippen molar-refractivity contribution >= 4 is 50.0 Å². The number of anilines is 1. The molecular formula is C25H19ClN2O4S. The standard InChI is InChI=1S/C25H19ClN2O4S/c1-3-14-8-9-17-19(11-14)33-25(27-17)28-21(15-5-4-6-16(26)12-15)20(23(30)24(28)31)22(29)18-10-7-13(2)32-18/h4-12,21,30H,3H2,1-2H3. The average Bonchev–Trinajstić information content (AvgIpc) is 3.49. The van der Waals surface area contributed by atoms with Gasteiger partial charge in [0, 0.05) is 5.02 Å². The number of furan rings is 1. The summed E-state index contributed by atoms with van der Waals surface area (Å²) in [6.07, 6.45) is 0.876. The summed E-state index contributed by atoms with van der Waals surface area (Å²) in [6, 6.07) is 15.1. The number of ketones is 1. The number of hydrogen-bond donors (Lipinski definition) is 1. The zero-order valence-electron chi connectivity index (χ0n) is 17.8. The van der Waals surface area contributed by atoms with E-state index in [0.717, 1.165) is 22.2 Å². The highest BCUT2D eigenvalue weighted by molar-refractivity contribution is 7.22. The van der Waals surface area contributed by atoms with Crippen LogP contribution in [0.25, 0.3) is 10.2 Å². The number of fused-ring (bicyclic) bond motifs is 1. The van der Waals surface area contributed by atoms with Gasteiger partial charge in [-0.05, 0) is 60.9 Å². The molecule has 4 aromatic rings. The van der Waals surface area contributed by atoms with Gasteiger partial charge in [0.05, 0.1) is 21.8 Å². The average molecular weight is 479 g/mol. The second kappa shape index (κ2) is 8.17. The van der Waals surface area contributed by atoms with Crippen molar-refractivity contribution < 1.29 is 19.1 Å². The van der Waals surface area contributed by atoms with E-state index in [0.29, 0.717) is 21.5 Å². The lowest BCUT2D eigenvalue weighted by Gasteiger charge is -2.24. The molecule has 8 heteroatoms. The molecule has 33 heavy (non-hydrogen) atoms. The van der Waals surface area contributed by atoms with Crippen LogP contribution in [0.1, 0.15) is 40.4 Å². The summed E-state index contributed by atoms with van der Waals surface area (Å²) in [7, 11) is 0. The molecule has 0 saturated carbocycles. The highest BCUT2D eigenvalue weighted by atomic mass is 35.5. The number of aryl methyl sites for hydroxylation is 2. The predicted octanol–water partition coefficient (Wildman–Crippen LogP) is 6.20. The fourth-order valence-corrected chi connectivity index (χ4v) is 5.25. The topological polar surface area (TPSA) is 83.6 Å². The summed E-state index contributed by atoms with van der Waals surface area (Å²) in [5.41, 5.74) is 2.41. The van der Waals surface area contributed by atoms with Crippen LogP contribution in [0.15, 0.2) is 70.3 Å². The number of halogens is 1. The van der Waals surface area contributed by atoms with Gasteiger partial charge in [-0.1, -0.05) is 48.1 Å². The Labute approximate surface area is 198 Å². The molecule has 0 radical (unpaired) electrons. The van der Waals surface area contributed by atoms with E-state index in [2.05, 4.69) is 11.9 Å². The van der Waals surface area contributed by atoms with Gasteiger partial charge in [0.2, 0.25) is 5.78 Å². The molecule has 2 aromatic carbocycles. The van der Waals surface area contributed by atoms with Crippen LogP contribution in [0, 0.1) is 6.92 Å². The highest BCUT2D eigenvalue weighted by Gasteiger charge is 2.46. The van der Waals surface area contributed by atoms with Gasteiger partial charge >= 0.3 is 0 Å². The monoisotopic (exact) mass is 478 g/mol. The molecule has 5 rings (SSSR count). The Morgan fingerprint density at radius 3 is 2.73 bits per heavy atom. The van der Waals surface area contributed by atoms with E-state index in [1.165, 1.54) is 22.3 Å². The molecule has 0 bridgehead atoms. The van der Waals surface area contributed by atoms with Crippen molar-refractivity contribution in [2.75, 3.05) is 4.90 Å². The molecule has 3 heterocycles. The number of aromatic nitrogens is 1. The van der Waals surface area contributed by atoms with Crippen molar-refractivity contribution in [2.24, 2.45) is 0 Å². The molecule has 1 aliphatic heterocycles. The first-order valence-electron chi connectivity index (χ1n) is 10.4. The summed E-state index contributed by atoms with van der Waals surface area (Å²) in [5, 5.41) is 11.7. The van der Waals surface area contributed by atoms with Crippen LogP contribution in [-0.2, 0) is 11.2 Å². The van der Waals surface area contributed by atoms with E-state index >= 15 is 0 Å². The number of benzene rings is 2. The molecule has 1 atom stereocenters. The summed E-state index contributed by atoms with van der Waals surface area (Å²) in [4.78, 5) is 32.7. The molecule has 6 nitrogen and oxygen atoms in total. The van der Waals surface area contributed by atoms with E-state index < -0.39 is 23.5 Å². The van der Waals surface area contributed by atoms with Gasteiger partial charge in [-0.25, -0.2) is 4.98 Å². The Hall–Kier alpha value is -3.42. The van der Waals surface area contributed by atoms with Crippen molar-refractivity contribution in [2.45, 2.75) is 26.3 Å². The number of amides is 1. The van der Waals surface area contributed by atoms with Crippen LogP contribution >= 0.6 is 22.9 Å². The number of aliphatic hydroxyl groups excluding tert-OH is 1. The molecule has 1 aliphatic rings. The van der Waals surface area contributed by atoms with E-state index in [9.17, 15) is 14.7 Å². The Balaban J connectivity index is 1.67. The number of nitrogens with zero attached hydrogens (tertiary/aromatic N) is 2. The van der Waals surface area contributed by atoms with E-state index in [4.69, 9.17) is 16.0 Å². The molecule has 0 aliphatic carbocycles. The third kappa shape index (κ3) is 3.63. The Bertz CT molecular complexity index is 1450. The van der Waals surface area contributed by atoms with Crippen molar-refractivity contribution in [1.29, 1.82) is 0 Å². The molecule has 1 N–H and O–H groups in total. The molecular weight excluding hydrogens is 460 g/mol. The SMILES string of the molecule is CCc1ccc2nc(N3C(=O)C(O)=C(C(=O)c4ccc(C)o4)C3c3cccc(Cl)c3)sc2c1. The summed E-state index contributed by atoms with van der Waals surface area (Å²) < 4.78 is 6.42. The maximum absolute atomic E-state index is 13.4. The highest BCUT2D eigenvalue weighted by Crippen LogP contribution is 2.44. The third-order valence-electron chi connectivity index (χ3n) is 5.64. The third-order valence-corrected chi connectivity index (χ3v) is 6.89. The number of carbonyl (C=O) groups is 2. The van der Waals surface area contributed by atoms with E-state index in [1.54, 1.807) is 37.3 Å². The maximum atomic E-state index is 13.4. The summed E-state index contributed by atoms with van der Waals surface area (Å²) >= 11 is 7.57. The minimum absolute atomic E-state index is 0.0487. The van der Waals surface area contributed by atoms with Gasteiger partial charge in [0.25, 0.3) is 5.91 Å². The molecule has 1 unspecified atom stereocenters. The van der Waals surface area contributed by atoms with Gasteiger partial charge in [0.1, 0.15) is 5.76 Å². The van der Waals surface area contributed by atoms with E-state index in [1.807, 2.05) is 18.2 Å². The second-order valence-corrected chi connectivity index (χ2v) is 9.23. The van der Waals surface area contributed by atoms with Gasteiger partial charge in [-0.3, -0.25) is 14.5 Å². The molecule has 166 valence electrons. The number of Topliss-reactive ketones (excluding diaryl/α,β-unsaturated/α-hetero) is 1. The van der Waals surface area contributed by atoms with Gasteiger partial charge in [-0.15, -0.1) is 0 Å². The molecule has 0 spiro atoms. The number of hydrogen-bond acceptors (Lipinski definition) is 6. The fourth-order valence-electron chi connectivity index (χ4n) is 4.00. The van der Waals surface area contributed by atoms with E-state index in [-0.39, 0.29) is 11.3 Å². The minimum atomic E-state index is -0.902. The number of carbonyl (C=O) groups excluding carboxylic acids is 2. The van der Waals surface area contributed by atoms with Crippen molar-refractivity contribution in [3.05, 3.63) is 93.6 Å². The molecule has 1 amide bonds. The normalized spacial score (nSPS) is 16.3. The number of thiazole rings is 1. The lowest BCUT2D eigenvalue weighted by molar-refractivity contribution is -0.117. The number of aliphatic hydroxyl groups is 1. The Kier molecular flexibility index (Phi) is 5.31. The minimum Gasteiger partial charge on any atom is -0.503 e. The first-order valence-corrected chi connectivity index (χ1v) is 11.6. The molecule has 0 fully saturated rings. The lowest BCUT2D eigenvalue weighted by Crippen LogP contribution is -2.30. The van der Waals surface area contributed by atoms with Crippen LogP contribution in [0.5, 0.6) is 0 Å². The zero-order valence-corrected chi connectivity index (χ0v) is 19.4. The Morgan fingerprint density at radius 2 is 2.03 bits per heavy atom. The van der Waals surface area contributed by atoms with Crippen LogP contribution in [0.3, 0.4) is 0 Å². The molecule has 2 aromatic heterocycles. The first kappa shape index (κ1) is 21.4. The van der Waals surface area contributed by atoms with Gasteiger partial charge < -0.3 is 9.52 Å².